The molecule has 0 saturated carbocycles. The maximum atomic E-state index is 12.9. The van der Waals surface area contributed by atoms with Crippen molar-refractivity contribution in [1.82, 2.24) is 14.9 Å². The Morgan fingerprint density at radius 3 is 1.94 bits per heavy atom. The van der Waals surface area contributed by atoms with Gasteiger partial charge in [-0.2, -0.15) is 0 Å². The van der Waals surface area contributed by atoms with E-state index in [0.29, 0.717) is 11.5 Å². The van der Waals surface area contributed by atoms with Gasteiger partial charge in [0.05, 0.1) is 20.8 Å². The van der Waals surface area contributed by atoms with Gasteiger partial charge in [-0.15, -0.1) is 0 Å². The highest BCUT2D eigenvalue weighted by Crippen LogP contribution is 2.43. The van der Waals surface area contributed by atoms with Gasteiger partial charge in [0.1, 0.15) is 29.3 Å². The van der Waals surface area contributed by atoms with E-state index in [2.05, 4.69) is 10.3 Å². The minimum atomic E-state index is -1.43. The molecule has 0 bridgehead atoms. The van der Waals surface area contributed by atoms with E-state index in [4.69, 9.17) is 23.7 Å². The van der Waals surface area contributed by atoms with Crippen molar-refractivity contribution in [1.29, 1.82) is 0 Å². The molecule has 12 nitrogen and oxygen atoms in total. The Hall–Kier alpha value is -4.91. The van der Waals surface area contributed by atoms with E-state index in [-0.39, 0.29) is 6.61 Å². The molecule has 4 aromatic rings. The van der Waals surface area contributed by atoms with Crippen LogP contribution in [0.3, 0.4) is 0 Å². The summed E-state index contributed by atoms with van der Waals surface area (Å²) in [5.74, 6) is 1.31. The van der Waals surface area contributed by atoms with Crippen molar-refractivity contribution >= 4 is 6.09 Å². The Labute approximate surface area is 271 Å². The second-order valence-corrected chi connectivity index (χ2v) is 12.1. The summed E-state index contributed by atoms with van der Waals surface area (Å²) < 4.78 is 30.7. The van der Waals surface area contributed by atoms with Crippen LogP contribution in [0, 0.1) is 0 Å². The number of amides is 1. The lowest BCUT2D eigenvalue weighted by atomic mass is 9.80. The lowest BCUT2D eigenvalue weighted by Crippen LogP contribution is -2.46. The number of hydrogen-bond acceptors (Lipinski definition) is 9. The molecule has 4 atom stereocenters. The van der Waals surface area contributed by atoms with Gasteiger partial charge in [0.15, 0.2) is 12.3 Å². The summed E-state index contributed by atoms with van der Waals surface area (Å²) in [5, 5.41) is 14.3. The first-order chi connectivity index (χ1) is 22.4. The quantitative estimate of drug-likeness (QED) is 0.219. The van der Waals surface area contributed by atoms with Crippen LogP contribution in [-0.2, 0) is 19.8 Å². The lowest BCUT2D eigenvalue weighted by Gasteiger charge is -2.37. The summed E-state index contributed by atoms with van der Waals surface area (Å²) >= 11 is 0. The molecule has 248 valence electrons. The zero-order valence-corrected chi connectivity index (χ0v) is 26.8. The number of aromatic amines is 1. The highest BCUT2D eigenvalue weighted by molar-refractivity contribution is 5.68. The highest BCUT2D eigenvalue weighted by Gasteiger charge is 2.49. The third kappa shape index (κ3) is 7.25. The number of hydrogen-bond donors (Lipinski definition) is 3. The molecule has 1 aliphatic rings. The predicted octanol–water partition coefficient (Wildman–Crippen LogP) is 3.71. The molecule has 5 rings (SSSR count). The molecule has 1 amide bonds. The molecule has 0 radical (unpaired) electrons. The minimum Gasteiger partial charge on any atom is -0.497 e. The number of rotatable bonds is 10. The zero-order valence-electron chi connectivity index (χ0n) is 26.8. The maximum Gasteiger partial charge on any atom is 0.408 e. The van der Waals surface area contributed by atoms with Crippen LogP contribution in [0.1, 0.15) is 43.7 Å². The van der Waals surface area contributed by atoms with Crippen LogP contribution in [0.5, 0.6) is 11.5 Å². The average molecular weight is 646 g/mol. The summed E-state index contributed by atoms with van der Waals surface area (Å²) in [7, 11) is 3.17. The Kier molecular flexibility index (Phi) is 9.85. The summed E-state index contributed by atoms with van der Waals surface area (Å²) in [6.45, 7) is 5.12. The van der Waals surface area contributed by atoms with Crippen molar-refractivity contribution in [3.05, 3.63) is 129 Å². The van der Waals surface area contributed by atoms with Crippen molar-refractivity contribution in [2.45, 2.75) is 56.5 Å². The monoisotopic (exact) mass is 645 g/mol. The van der Waals surface area contributed by atoms with E-state index in [1.807, 2.05) is 78.9 Å². The molecule has 2 heterocycles. The van der Waals surface area contributed by atoms with E-state index < -0.39 is 53.0 Å². The molecular weight excluding hydrogens is 606 g/mol. The molecule has 3 aromatic carbocycles. The summed E-state index contributed by atoms with van der Waals surface area (Å²) in [6, 6.07) is 25.6. The molecule has 0 aliphatic carbocycles. The molecule has 0 spiro atoms. The fourth-order valence-electron chi connectivity index (χ4n) is 5.58. The second-order valence-electron chi connectivity index (χ2n) is 12.1. The molecular formula is C35H39N3O9. The normalized spacial score (nSPS) is 19.6. The van der Waals surface area contributed by atoms with Gasteiger partial charge >= 0.3 is 11.8 Å². The number of ether oxygens (including phenoxy) is 5. The molecule has 3 N–H and O–H groups in total. The fraction of sp³-hybridized carbons (Fsp3) is 0.343. The van der Waals surface area contributed by atoms with Crippen LogP contribution in [0.25, 0.3) is 0 Å². The van der Waals surface area contributed by atoms with Gasteiger partial charge in [-0.1, -0.05) is 54.6 Å². The number of methoxy groups -OCH3 is 2. The molecule has 1 aliphatic heterocycles. The third-order valence-corrected chi connectivity index (χ3v) is 7.80. The van der Waals surface area contributed by atoms with Gasteiger partial charge in [-0.05, 0) is 61.7 Å². The van der Waals surface area contributed by atoms with Crippen molar-refractivity contribution in [2.24, 2.45) is 0 Å². The Balaban J connectivity index is 1.56. The second kappa shape index (κ2) is 13.8. The predicted molar refractivity (Wildman–Crippen MR) is 173 cm³/mol. The lowest BCUT2D eigenvalue weighted by molar-refractivity contribution is -0.0960. The topological polar surface area (TPSA) is 150 Å². The SMILES string of the molecule is COc1ccc(C(OC[C@@H]2O[C@H](n3ccc(=O)[nH]c3=O)C(OC(=O)NC(C)(C)C)C2O)(c2ccccc2)c2ccc(OC)cc2)cc1. The molecule has 12 heteroatoms. The number of carbonyl (C=O) groups excluding carboxylic acids is 1. The summed E-state index contributed by atoms with van der Waals surface area (Å²) in [5.41, 5.74) is -0.972. The van der Waals surface area contributed by atoms with Crippen molar-refractivity contribution in [2.75, 3.05) is 20.8 Å². The van der Waals surface area contributed by atoms with E-state index in [9.17, 15) is 19.5 Å². The largest absolute Gasteiger partial charge is 0.497 e. The third-order valence-electron chi connectivity index (χ3n) is 7.80. The molecule has 1 aromatic heterocycles. The van der Waals surface area contributed by atoms with E-state index in [0.717, 1.165) is 27.3 Å². The number of aliphatic hydroxyl groups is 1. The number of alkyl carbamates (subject to hydrolysis) is 1. The molecule has 1 saturated heterocycles. The van der Waals surface area contributed by atoms with Gasteiger partial charge in [-0.25, -0.2) is 9.59 Å². The Morgan fingerprint density at radius 2 is 1.43 bits per heavy atom. The van der Waals surface area contributed by atoms with E-state index in [1.165, 1.54) is 6.20 Å². The van der Waals surface area contributed by atoms with Crippen LogP contribution >= 0.6 is 0 Å². The zero-order chi connectivity index (χ0) is 33.8. The standard InChI is InChI=1S/C35H39N3O9/c1-34(2,3)37-33(42)47-30-29(40)27(46-31(30)38-20-19-28(39)36-32(38)41)21-45-35(22-9-7-6-8-10-22,23-11-15-25(43-4)16-12-23)24-13-17-26(44-5)18-14-24/h6-20,27,29-31,40H,21H2,1-5H3,(H,37,42)(H,36,39,41)/t27-,29?,30?,31-/m0/s1. The number of carbonyl (C=O) groups is 1. The van der Waals surface area contributed by atoms with Crippen LogP contribution in [0.15, 0.2) is 101 Å². The van der Waals surface area contributed by atoms with Crippen molar-refractivity contribution in [3.8, 4) is 11.5 Å². The summed E-state index contributed by atoms with van der Waals surface area (Å²) in [4.78, 5) is 39.7. The van der Waals surface area contributed by atoms with E-state index in [1.54, 1.807) is 35.0 Å². The number of nitrogens with zero attached hydrogens (tertiary/aromatic N) is 1. The van der Waals surface area contributed by atoms with Crippen LogP contribution < -0.4 is 26.0 Å². The number of aromatic nitrogens is 2. The van der Waals surface area contributed by atoms with Crippen molar-refractivity contribution < 1.29 is 33.6 Å². The Morgan fingerprint density at radius 1 is 0.872 bits per heavy atom. The van der Waals surface area contributed by atoms with E-state index >= 15 is 0 Å². The minimum absolute atomic E-state index is 0.205. The highest BCUT2D eigenvalue weighted by atomic mass is 16.6. The average Bonchev–Trinajstić information content (AvgIpc) is 3.35. The first-order valence-corrected chi connectivity index (χ1v) is 15.1. The number of nitrogens with one attached hydrogen (secondary N) is 2. The van der Waals surface area contributed by atoms with Crippen LogP contribution in [0.2, 0.25) is 0 Å². The first-order valence-electron chi connectivity index (χ1n) is 15.1. The smallest absolute Gasteiger partial charge is 0.408 e. The first kappa shape index (κ1) is 33.5. The molecule has 1 fully saturated rings. The van der Waals surface area contributed by atoms with Crippen LogP contribution in [-0.4, -0.2) is 65.4 Å². The van der Waals surface area contributed by atoms with Gasteiger partial charge in [0, 0.05) is 17.8 Å². The van der Waals surface area contributed by atoms with Crippen LogP contribution in [0.4, 0.5) is 4.79 Å². The molecule has 47 heavy (non-hydrogen) atoms. The van der Waals surface area contributed by atoms with Gasteiger partial charge < -0.3 is 34.1 Å². The number of aliphatic hydroxyl groups excluding tert-OH is 1. The van der Waals surface area contributed by atoms with Crippen molar-refractivity contribution in [3.63, 3.8) is 0 Å². The summed E-state index contributed by atoms with van der Waals surface area (Å²) in [6.07, 6.45) is -4.70. The van der Waals surface area contributed by atoms with Gasteiger partial charge in [0.25, 0.3) is 5.56 Å². The maximum absolute atomic E-state index is 12.9. The van der Waals surface area contributed by atoms with Gasteiger partial charge in [-0.3, -0.25) is 14.3 Å². The Bertz CT molecular complexity index is 1720. The molecule has 2 unspecified atom stereocenters. The number of H-pyrrole nitrogens is 1. The number of benzene rings is 3. The fourth-order valence-corrected chi connectivity index (χ4v) is 5.58. The van der Waals surface area contributed by atoms with Gasteiger partial charge in [0.2, 0.25) is 0 Å².